The summed E-state index contributed by atoms with van der Waals surface area (Å²) in [5.74, 6) is 0. The molecular weight excluding hydrogens is 326 g/mol. The standard InChI is InChI=1S/C14H12BrNO2S/c15-13-6-7-14-12(8-13)10-16(19(14,17)18)9-11-4-2-1-3-5-11/h1-8H,9-10H2. The Balaban J connectivity index is 1.95. The van der Waals surface area contributed by atoms with Crippen molar-refractivity contribution in [2.75, 3.05) is 0 Å². The molecule has 0 saturated heterocycles. The molecule has 1 heterocycles. The van der Waals surface area contributed by atoms with E-state index in [0.29, 0.717) is 18.0 Å². The maximum atomic E-state index is 12.4. The Morgan fingerprint density at radius 3 is 2.58 bits per heavy atom. The first-order valence-corrected chi connectivity index (χ1v) is 8.13. The van der Waals surface area contributed by atoms with Crippen molar-refractivity contribution >= 4 is 26.0 Å². The van der Waals surface area contributed by atoms with Crippen molar-refractivity contribution in [3.8, 4) is 0 Å². The Hall–Kier alpha value is -1.17. The molecule has 0 unspecified atom stereocenters. The van der Waals surface area contributed by atoms with E-state index in [9.17, 15) is 8.42 Å². The quantitative estimate of drug-likeness (QED) is 0.844. The van der Waals surface area contributed by atoms with Crippen LogP contribution in [-0.4, -0.2) is 12.7 Å². The van der Waals surface area contributed by atoms with Gasteiger partial charge in [-0.2, -0.15) is 4.31 Å². The molecule has 0 N–H and O–H groups in total. The van der Waals surface area contributed by atoms with Crippen LogP contribution in [0.4, 0.5) is 0 Å². The summed E-state index contributed by atoms with van der Waals surface area (Å²) in [5, 5.41) is 0. The molecule has 0 radical (unpaired) electrons. The molecule has 1 aliphatic heterocycles. The van der Waals surface area contributed by atoms with Crippen LogP contribution in [0.1, 0.15) is 11.1 Å². The molecule has 19 heavy (non-hydrogen) atoms. The van der Waals surface area contributed by atoms with Crippen LogP contribution in [0.25, 0.3) is 0 Å². The molecular formula is C14H12BrNO2S. The molecule has 0 fully saturated rings. The van der Waals surface area contributed by atoms with Gasteiger partial charge in [0.1, 0.15) is 0 Å². The van der Waals surface area contributed by atoms with Gasteiger partial charge in [-0.3, -0.25) is 0 Å². The van der Waals surface area contributed by atoms with Crippen molar-refractivity contribution in [1.82, 2.24) is 4.31 Å². The average molecular weight is 338 g/mol. The molecule has 98 valence electrons. The smallest absolute Gasteiger partial charge is 0.207 e. The van der Waals surface area contributed by atoms with Crippen molar-refractivity contribution in [3.63, 3.8) is 0 Å². The van der Waals surface area contributed by atoms with Crippen LogP contribution >= 0.6 is 15.9 Å². The first-order chi connectivity index (χ1) is 9.07. The highest BCUT2D eigenvalue weighted by molar-refractivity contribution is 9.10. The van der Waals surface area contributed by atoms with Gasteiger partial charge in [-0.1, -0.05) is 46.3 Å². The van der Waals surface area contributed by atoms with Crippen molar-refractivity contribution in [2.45, 2.75) is 18.0 Å². The van der Waals surface area contributed by atoms with Crippen molar-refractivity contribution in [2.24, 2.45) is 0 Å². The Labute approximate surface area is 121 Å². The summed E-state index contributed by atoms with van der Waals surface area (Å²) in [4.78, 5) is 0.423. The van der Waals surface area contributed by atoms with Crippen LogP contribution in [0.15, 0.2) is 57.9 Å². The first kappa shape index (κ1) is 12.8. The van der Waals surface area contributed by atoms with Gasteiger partial charge < -0.3 is 0 Å². The Kier molecular flexibility index (Phi) is 3.20. The normalized spacial score (nSPS) is 17.3. The number of benzene rings is 2. The summed E-state index contributed by atoms with van der Waals surface area (Å²) in [6.07, 6.45) is 0. The largest absolute Gasteiger partial charge is 0.244 e. The van der Waals surface area contributed by atoms with E-state index in [4.69, 9.17) is 0 Å². The van der Waals surface area contributed by atoms with E-state index >= 15 is 0 Å². The molecule has 5 heteroatoms. The summed E-state index contributed by atoms with van der Waals surface area (Å²) in [6, 6.07) is 14.9. The van der Waals surface area contributed by atoms with E-state index in [-0.39, 0.29) is 0 Å². The van der Waals surface area contributed by atoms with Gasteiger partial charge in [0, 0.05) is 17.6 Å². The lowest BCUT2D eigenvalue weighted by molar-refractivity contribution is 0.420. The maximum absolute atomic E-state index is 12.4. The minimum Gasteiger partial charge on any atom is -0.207 e. The molecule has 0 atom stereocenters. The third-order valence-electron chi connectivity index (χ3n) is 3.19. The third kappa shape index (κ3) is 2.33. The van der Waals surface area contributed by atoms with Gasteiger partial charge in [-0.25, -0.2) is 8.42 Å². The van der Waals surface area contributed by atoms with Crippen LogP contribution in [0, 0.1) is 0 Å². The zero-order valence-corrected chi connectivity index (χ0v) is 12.5. The fourth-order valence-corrected chi connectivity index (χ4v) is 4.27. The van der Waals surface area contributed by atoms with E-state index in [1.165, 1.54) is 4.31 Å². The van der Waals surface area contributed by atoms with Crippen molar-refractivity contribution < 1.29 is 8.42 Å². The number of halogens is 1. The van der Waals surface area contributed by atoms with Crippen LogP contribution in [-0.2, 0) is 23.1 Å². The van der Waals surface area contributed by atoms with E-state index < -0.39 is 10.0 Å². The third-order valence-corrected chi connectivity index (χ3v) is 5.57. The lowest BCUT2D eigenvalue weighted by atomic mass is 10.2. The number of hydrogen-bond acceptors (Lipinski definition) is 2. The SMILES string of the molecule is O=S1(=O)c2ccc(Br)cc2CN1Cc1ccccc1. The topological polar surface area (TPSA) is 37.4 Å². The second-order valence-corrected chi connectivity index (χ2v) is 7.33. The van der Waals surface area contributed by atoms with Gasteiger partial charge in [-0.15, -0.1) is 0 Å². The molecule has 2 aromatic carbocycles. The number of sulfonamides is 1. The Morgan fingerprint density at radius 1 is 1.11 bits per heavy atom. The van der Waals surface area contributed by atoms with E-state index in [1.807, 2.05) is 36.4 Å². The minimum absolute atomic E-state index is 0.412. The van der Waals surface area contributed by atoms with Gasteiger partial charge in [-0.05, 0) is 29.3 Å². The maximum Gasteiger partial charge on any atom is 0.244 e. The summed E-state index contributed by atoms with van der Waals surface area (Å²) in [7, 11) is -3.35. The fourth-order valence-electron chi connectivity index (χ4n) is 2.27. The highest BCUT2D eigenvalue weighted by Gasteiger charge is 2.34. The van der Waals surface area contributed by atoms with Gasteiger partial charge >= 0.3 is 0 Å². The molecule has 0 spiro atoms. The molecule has 1 aliphatic rings. The highest BCUT2D eigenvalue weighted by atomic mass is 79.9. The predicted octanol–water partition coefficient (Wildman–Crippen LogP) is 3.15. The summed E-state index contributed by atoms with van der Waals surface area (Å²) < 4.78 is 27.2. The Bertz CT molecular complexity index is 713. The van der Waals surface area contributed by atoms with E-state index in [0.717, 1.165) is 15.6 Å². The van der Waals surface area contributed by atoms with Gasteiger partial charge in [0.15, 0.2) is 0 Å². The van der Waals surface area contributed by atoms with Crippen LogP contribution in [0.5, 0.6) is 0 Å². The second kappa shape index (κ2) is 4.74. The summed E-state index contributed by atoms with van der Waals surface area (Å²) in [6.45, 7) is 0.849. The zero-order valence-electron chi connectivity index (χ0n) is 10.1. The highest BCUT2D eigenvalue weighted by Crippen LogP contribution is 2.33. The molecule has 0 saturated carbocycles. The van der Waals surface area contributed by atoms with E-state index in [2.05, 4.69) is 15.9 Å². The molecule has 0 aromatic heterocycles. The monoisotopic (exact) mass is 337 g/mol. The molecule has 3 nitrogen and oxygen atoms in total. The van der Waals surface area contributed by atoms with Crippen molar-refractivity contribution in [3.05, 3.63) is 64.1 Å². The van der Waals surface area contributed by atoms with Gasteiger partial charge in [0.25, 0.3) is 0 Å². The van der Waals surface area contributed by atoms with Crippen molar-refractivity contribution in [1.29, 1.82) is 0 Å². The van der Waals surface area contributed by atoms with Gasteiger partial charge in [0.05, 0.1) is 4.90 Å². The summed E-state index contributed by atoms with van der Waals surface area (Å²) >= 11 is 3.38. The number of nitrogens with zero attached hydrogens (tertiary/aromatic N) is 1. The van der Waals surface area contributed by atoms with E-state index in [1.54, 1.807) is 12.1 Å². The van der Waals surface area contributed by atoms with Crippen LogP contribution in [0.3, 0.4) is 0 Å². The Morgan fingerprint density at radius 2 is 1.84 bits per heavy atom. The number of rotatable bonds is 2. The molecule has 3 rings (SSSR count). The van der Waals surface area contributed by atoms with Gasteiger partial charge in [0.2, 0.25) is 10.0 Å². The fraction of sp³-hybridized carbons (Fsp3) is 0.143. The molecule has 2 aromatic rings. The number of fused-ring (bicyclic) bond motifs is 1. The van der Waals surface area contributed by atoms with Crippen LogP contribution in [0.2, 0.25) is 0 Å². The second-order valence-electron chi connectivity index (χ2n) is 4.51. The predicted molar refractivity (Wildman–Crippen MR) is 77.0 cm³/mol. The summed E-state index contributed by atoms with van der Waals surface area (Å²) in [5.41, 5.74) is 1.85. The molecule has 0 amide bonds. The molecule has 0 bridgehead atoms. The average Bonchev–Trinajstić information content (AvgIpc) is 2.62. The lowest BCUT2D eigenvalue weighted by Gasteiger charge is -2.14. The number of hydrogen-bond donors (Lipinski definition) is 0. The van der Waals surface area contributed by atoms with Crippen LogP contribution < -0.4 is 0 Å². The first-order valence-electron chi connectivity index (χ1n) is 5.90. The molecule has 0 aliphatic carbocycles. The lowest BCUT2D eigenvalue weighted by Crippen LogP contribution is -2.23. The minimum atomic E-state index is -3.35. The zero-order chi connectivity index (χ0) is 13.5.